The number of nitrogens with one attached hydrogen (secondary N) is 2. The first kappa shape index (κ1) is 17.5. The Morgan fingerprint density at radius 3 is 2.72 bits per heavy atom. The number of amides is 2. The van der Waals surface area contributed by atoms with E-state index in [1.165, 1.54) is 5.56 Å². The smallest absolute Gasteiger partial charge is 0.315 e. The van der Waals surface area contributed by atoms with Gasteiger partial charge in [-0.15, -0.1) is 0 Å². The molecular formula is C19H27N5O. The van der Waals surface area contributed by atoms with Gasteiger partial charge in [0.2, 0.25) is 0 Å². The average Bonchev–Trinajstić information content (AvgIpc) is 3.27. The molecule has 2 atom stereocenters. The predicted octanol–water partition coefficient (Wildman–Crippen LogP) is 2.20. The summed E-state index contributed by atoms with van der Waals surface area (Å²) >= 11 is 0. The zero-order chi connectivity index (χ0) is 17.6. The first-order valence-electron chi connectivity index (χ1n) is 8.91. The van der Waals surface area contributed by atoms with E-state index in [2.05, 4.69) is 46.9 Å². The van der Waals surface area contributed by atoms with Crippen LogP contribution in [0.4, 0.5) is 4.79 Å². The largest absolute Gasteiger partial charge is 0.338 e. The maximum atomic E-state index is 12.0. The molecule has 1 aromatic heterocycles. The molecule has 1 aromatic carbocycles. The van der Waals surface area contributed by atoms with Crippen molar-refractivity contribution in [2.75, 3.05) is 20.6 Å². The van der Waals surface area contributed by atoms with E-state index in [-0.39, 0.29) is 6.03 Å². The summed E-state index contributed by atoms with van der Waals surface area (Å²) in [6.07, 6.45) is 7.76. The van der Waals surface area contributed by atoms with Crippen molar-refractivity contribution in [2.45, 2.75) is 37.8 Å². The Labute approximate surface area is 149 Å². The number of urea groups is 1. The van der Waals surface area contributed by atoms with Crippen molar-refractivity contribution in [3.05, 3.63) is 48.3 Å². The highest BCUT2D eigenvalue weighted by Gasteiger charge is 2.26. The fourth-order valence-corrected chi connectivity index (χ4v) is 3.35. The number of hydrogen-bond acceptors (Lipinski definition) is 3. The highest BCUT2D eigenvalue weighted by Crippen LogP contribution is 2.22. The van der Waals surface area contributed by atoms with Crippen LogP contribution in [0.1, 0.15) is 24.8 Å². The number of benzene rings is 1. The van der Waals surface area contributed by atoms with Crippen molar-refractivity contribution in [3.8, 4) is 5.69 Å². The number of rotatable bonds is 6. The third-order valence-corrected chi connectivity index (χ3v) is 4.87. The van der Waals surface area contributed by atoms with Gasteiger partial charge in [0.25, 0.3) is 0 Å². The highest BCUT2D eigenvalue weighted by molar-refractivity contribution is 5.74. The van der Waals surface area contributed by atoms with Gasteiger partial charge in [0.1, 0.15) is 0 Å². The molecule has 3 rings (SSSR count). The Bertz CT molecular complexity index is 666. The lowest BCUT2D eigenvalue weighted by Crippen LogP contribution is -2.42. The van der Waals surface area contributed by atoms with Gasteiger partial charge in [0, 0.05) is 31.0 Å². The fourth-order valence-electron chi connectivity index (χ4n) is 3.35. The van der Waals surface area contributed by atoms with Gasteiger partial charge in [-0.3, -0.25) is 0 Å². The molecule has 2 N–H and O–H groups in total. The molecule has 6 nitrogen and oxygen atoms in total. The first-order valence-corrected chi connectivity index (χ1v) is 8.91. The van der Waals surface area contributed by atoms with Crippen molar-refractivity contribution < 1.29 is 4.79 Å². The summed E-state index contributed by atoms with van der Waals surface area (Å²) < 4.78 is 1.83. The standard InChI is InChI=1S/C19H27N5O/c1-23(2)18-9-6-16(14-18)22-19(25)20-12-10-15-4-7-17(8-5-15)24-13-3-11-21-24/h3-5,7-8,11,13,16,18H,6,9-10,12,14H2,1-2H3,(H2,20,22,25)/t16-,18+/m1/s1. The fraction of sp³-hybridized carbons (Fsp3) is 0.474. The molecule has 134 valence electrons. The normalized spacial score (nSPS) is 20.0. The van der Waals surface area contributed by atoms with Crippen molar-refractivity contribution >= 4 is 6.03 Å². The van der Waals surface area contributed by atoms with Crippen molar-refractivity contribution in [2.24, 2.45) is 0 Å². The summed E-state index contributed by atoms with van der Waals surface area (Å²) in [5.41, 5.74) is 2.24. The molecule has 1 heterocycles. The van der Waals surface area contributed by atoms with Crippen LogP contribution in [0.5, 0.6) is 0 Å². The number of carbonyl (C=O) groups is 1. The number of hydrogen-bond donors (Lipinski definition) is 2. The average molecular weight is 341 g/mol. The van der Waals surface area contributed by atoms with E-state index < -0.39 is 0 Å². The van der Waals surface area contributed by atoms with Gasteiger partial charge in [-0.25, -0.2) is 9.48 Å². The van der Waals surface area contributed by atoms with E-state index in [0.29, 0.717) is 18.6 Å². The van der Waals surface area contributed by atoms with Crippen LogP contribution in [0.15, 0.2) is 42.7 Å². The van der Waals surface area contributed by atoms with E-state index in [9.17, 15) is 4.79 Å². The Balaban J connectivity index is 1.38. The summed E-state index contributed by atoms with van der Waals surface area (Å²) in [5, 5.41) is 10.3. The van der Waals surface area contributed by atoms with Crippen LogP contribution in [0.3, 0.4) is 0 Å². The molecule has 1 aliphatic carbocycles. The van der Waals surface area contributed by atoms with E-state index in [4.69, 9.17) is 0 Å². The van der Waals surface area contributed by atoms with Crippen LogP contribution in [0, 0.1) is 0 Å². The molecule has 6 heteroatoms. The van der Waals surface area contributed by atoms with Crippen LogP contribution in [0.2, 0.25) is 0 Å². The number of carbonyl (C=O) groups excluding carboxylic acids is 1. The highest BCUT2D eigenvalue weighted by atomic mass is 16.2. The van der Waals surface area contributed by atoms with Gasteiger partial charge < -0.3 is 15.5 Å². The first-order chi connectivity index (χ1) is 12.1. The molecule has 0 aliphatic heterocycles. The molecule has 2 amide bonds. The van der Waals surface area contributed by atoms with E-state index in [1.807, 2.05) is 29.1 Å². The second kappa shape index (κ2) is 8.16. The van der Waals surface area contributed by atoms with Gasteiger partial charge in [0.05, 0.1) is 5.69 Å². The maximum absolute atomic E-state index is 12.0. The molecular weight excluding hydrogens is 314 g/mol. The lowest BCUT2D eigenvalue weighted by molar-refractivity contribution is 0.235. The zero-order valence-corrected chi connectivity index (χ0v) is 15.0. The Morgan fingerprint density at radius 2 is 2.08 bits per heavy atom. The summed E-state index contributed by atoms with van der Waals surface area (Å²) in [6.45, 7) is 0.636. The minimum Gasteiger partial charge on any atom is -0.338 e. The van der Waals surface area contributed by atoms with Crippen LogP contribution in [0.25, 0.3) is 5.69 Å². The second-order valence-corrected chi connectivity index (χ2v) is 6.89. The van der Waals surface area contributed by atoms with Gasteiger partial charge in [-0.1, -0.05) is 12.1 Å². The zero-order valence-electron chi connectivity index (χ0n) is 15.0. The summed E-state index contributed by atoms with van der Waals surface area (Å²) in [4.78, 5) is 14.3. The summed E-state index contributed by atoms with van der Waals surface area (Å²) in [6, 6.07) is 11.0. The Kier molecular flexibility index (Phi) is 5.71. The molecule has 0 unspecified atom stereocenters. The van der Waals surface area contributed by atoms with Crippen molar-refractivity contribution in [3.63, 3.8) is 0 Å². The molecule has 0 bridgehead atoms. The van der Waals surface area contributed by atoms with Crippen molar-refractivity contribution in [1.82, 2.24) is 25.3 Å². The molecule has 1 aliphatic rings. The number of nitrogens with zero attached hydrogens (tertiary/aromatic N) is 3. The molecule has 25 heavy (non-hydrogen) atoms. The SMILES string of the molecule is CN(C)[C@H]1CC[C@@H](NC(=O)NCCc2ccc(-n3cccn3)cc2)C1. The topological polar surface area (TPSA) is 62.2 Å². The third kappa shape index (κ3) is 4.82. The van der Waals surface area contributed by atoms with Gasteiger partial charge >= 0.3 is 6.03 Å². The minimum atomic E-state index is -0.0578. The second-order valence-electron chi connectivity index (χ2n) is 6.89. The molecule has 0 spiro atoms. The van der Waals surface area contributed by atoms with E-state index in [0.717, 1.165) is 31.4 Å². The number of aromatic nitrogens is 2. The van der Waals surface area contributed by atoms with E-state index in [1.54, 1.807) is 6.20 Å². The third-order valence-electron chi connectivity index (χ3n) is 4.87. The lowest BCUT2D eigenvalue weighted by atomic mass is 10.1. The molecule has 1 fully saturated rings. The predicted molar refractivity (Wildman–Crippen MR) is 98.9 cm³/mol. The molecule has 1 saturated carbocycles. The van der Waals surface area contributed by atoms with Gasteiger partial charge in [-0.2, -0.15) is 5.10 Å². The molecule has 0 saturated heterocycles. The molecule has 0 radical (unpaired) electrons. The van der Waals surface area contributed by atoms with Crippen molar-refractivity contribution in [1.29, 1.82) is 0 Å². The van der Waals surface area contributed by atoms with Crippen LogP contribution >= 0.6 is 0 Å². The summed E-state index contributed by atoms with van der Waals surface area (Å²) in [7, 11) is 4.20. The van der Waals surface area contributed by atoms with Gasteiger partial charge in [-0.05, 0) is 63.5 Å². The van der Waals surface area contributed by atoms with Crippen LogP contribution < -0.4 is 10.6 Å². The minimum absolute atomic E-state index is 0.0578. The van der Waals surface area contributed by atoms with Gasteiger partial charge in [0.15, 0.2) is 0 Å². The maximum Gasteiger partial charge on any atom is 0.315 e. The molecule has 2 aromatic rings. The lowest BCUT2D eigenvalue weighted by Gasteiger charge is -2.19. The van der Waals surface area contributed by atoms with E-state index >= 15 is 0 Å². The monoisotopic (exact) mass is 341 g/mol. The van der Waals surface area contributed by atoms with Crippen LogP contribution in [-0.2, 0) is 6.42 Å². The Morgan fingerprint density at radius 1 is 1.28 bits per heavy atom. The quantitative estimate of drug-likeness (QED) is 0.847. The van der Waals surface area contributed by atoms with Crippen LogP contribution in [-0.4, -0.2) is 53.4 Å². The Hall–Kier alpha value is -2.34. The summed E-state index contributed by atoms with van der Waals surface area (Å²) in [5.74, 6) is 0.